The molecule has 4 rings (SSSR count). The molecule has 1 aliphatic heterocycles. The summed E-state index contributed by atoms with van der Waals surface area (Å²) in [7, 11) is -7.20. The zero-order chi connectivity index (χ0) is 22.9. The molecule has 0 bridgehead atoms. The van der Waals surface area contributed by atoms with E-state index in [1.807, 2.05) is 0 Å². The molecule has 1 amide bonds. The molecule has 1 aromatic carbocycles. The van der Waals surface area contributed by atoms with Crippen LogP contribution in [0.1, 0.15) is 40.2 Å². The van der Waals surface area contributed by atoms with Crippen molar-refractivity contribution in [3.8, 4) is 0 Å². The Bertz CT molecular complexity index is 1230. The Morgan fingerprint density at radius 1 is 1.31 bits per heavy atom. The fourth-order valence-electron chi connectivity index (χ4n) is 3.96. The molecular formula is C21H25N3O5S3. The lowest BCUT2D eigenvalue weighted by Gasteiger charge is -2.19. The SMILES string of the molecule is C=CCN(C(=O)c1cccc(S(=O)(=O)NC2CCS(=O)(=O)C2)c1)c1nc2c(s1)CCCC2. The van der Waals surface area contributed by atoms with E-state index in [2.05, 4.69) is 16.3 Å². The van der Waals surface area contributed by atoms with Gasteiger partial charge >= 0.3 is 0 Å². The van der Waals surface area contributed by atoms with E-state index >= 15 is 0 Å². The molecular weight excluding hydrogens is 470 g/mol. The van der Waals surface area contributed by atoms with Gasteiger partial charge in [0.1, 0.15) is 0 Å². The van der Waals surface area contributed by atoms with Crippen LogP contribution in [0.3, 0.4) is 0 Å². The molecule has 2 aliphatic rings. The van der Waals surface area contributed by atoms with Crippen LogP contribution in [0.5, 0.6) is 0 Å². The number of sulfone groups is 1. The van der Waals surface area contributed by atoms with Gasteiger partial charge in [-0.2, -0.15) is 0 Å². The van der Waals surface area contributed by atoms with Crippen LogP contribution in [0.25, 0.3) is 0 Å². The highest BCUT2D eigenvalue weighted by atomic mass is 32.2. The van der Waals surface area contributed by atoms with Crippen molar-refractivity contribution in [3.63, 3.8) is 0 Å². The fraction of sp³-hybridized carbons (Fsp3) is 0.429. The summed E-state index contributed by atoms with van der Waals surface area (Å²) in [5.74, 6) is -0.615. The number of nitrogens with one attached hydrogen (secondary N) is 1. The molecule has 0 saturated carbocycles. The number of amides is 1. The van der Waals surface area contributed by atoms with E-state index in [1.165, 1.54) is 39.3 Å². The van der Waals surface area contributed by atoms with Gasteiger partial charge in [-0.25, -0.2) is 26.5 Å². The maximum absolute atomic E-state index is 13.3. The van der Waals surface area contributed by atoms with Gasteiger partial charge in [-0.05, 0) is 50.3 Å². The molecule has 1 N–H and O–H groups in total. The number of fused-ring (bicyclic) bond motifs is 1. The lowest BCUT2D eigenvalue weighted by molar-refractivity contribution is 0.0989. The summed E-state index contributed by atoms with van der Waals surface area (Å²) in [6.45, 7) is 3.99. The van der Waals surface area contributed by atoms with Crippen molar-refractivity contribution in [1.29, 1.82) is 0 Å². The molecule has 1 aliphatic carbocycles. The molecule has 32 heavy (non-hydrogen) atoms. The number of carbonyl (C=O) groups is 1. The maximum atomic E-state index is 13.3. The summed E-state index contributed by atoms with van der Waals surface area (Å²) in [5.41, 5.74) is 1.24. The van der Waals surface area contributed by atoms with Crippen LogP contribution in [-0.4, -0.2) is 51.8 Å². The highest BCUT2D eigenvalue weighted by Gasteiger charge is 2.32. The second-order valence-electron chi connectivity index (χ2n) is 8.03. The van der Waals surface area contributed by atoms with Crippen LogP contribution in [0.2, 0.25) is 0 Å². The first-order valence-corrected chi connectivity index (χ1v) is 14.5. The minimum Gasteiger partial charge on any atom is -0.280 e. The van der Waals surface area contributed by atoms with Crippen molar-refractivity contribution in [3.05, 3.63) is 53.1 Å². The quantitative estimate of drug-likeness (QED) is 0.590. The normalized spacial score (nSPS) is 19.9. The van der Waals surface area contributed by atoms with Crippen LogP contribution in [0.4, 0.5) is 5.13 Å². The lowest BCUT2D eigenvalue weighted by atomic mass is 10.0. The number of hydrogen-bond donors (Lipinski definition) is 1. The number of carbonyl (C=O) groups excluding carboxylic acids is 1. The minimum absolute atomic E-state index is 0.0347. The Hall–Kier alpha value is -2.08. The van der Waals surface area contributed by atoms with Crippen molar-refractivity contribution in [2.24, 2.45) is 0 Å². The molecule has 11 heteroatoms. The standard InChI is InChI=1S/C21H25N3O5S3/c1-2-11-24(21-22-18-8-3-4-9-19(18)30-21)20(25)15-6-5-7-17(13-15)32(28,29)23-16-10-12-31(26,27)14-16/h2,5-7,13,16,23H,1,3-4,8-12,14H2. The van der Waals surface area contributed by atoms with Gasteiger partial charge in [0.15, 0.2) is 15.0 Å². The van der Waals surface area contributed by atoms with Crippen molar-refractivity contribution >= 4 is 42.2 Å². The first kappa shape index (κ1) is 23.1. The number of aromatic nitrogens is 1. The second-order valence-corrected chi connectivity index (χ2v) is 13.0. The monoisotopic (exact) mass is 495 g/mol. The van der Waals surface area contributed by atoms with Gasteiger partial charge in [-0.15, -0.1) is 17.9 Å². The van der Waals surface area contributed by atoms with Crippen LogP contribution >= 0.6 is 11.3 Å². The molecule has 2 heterocycles. The Kier molecular flexibility index (Phi) is 6.53. The van der Waals surface area contributed by atoms with Gasteiger partial charge in [-0.1, -0.05) is 12.1 Å². The number of sulfonamides is 1. The first-order chi connectivity index (χ1) is 15.2. The molecule has 1 unspecified atom stereocenters. The predicted octanol–water partition coefficient (Wildman–Crippen LogP) is 2.32. The van der Waals surface area contributed by atoms with E-state index in [9.17, 15) is 21.6 Å². The summed E-state index contributed by atoms with van der Waals surface area (Å²) in [5, 5.41) is 0.587. The molecule has 0 radical (unpaired) electrons. The Balaban J connectivity index is 1.58. The van der Waals surface area contributed by atoms with Crippen LogP contribution < -0.4 is 9.62 Å². The number of anilines is 1. The average molecular weight is 496 g/mol. The number of nitrogens with zero attached hydrogens (tertiary/aromatic N) is 2. The molecule has 172 valence electrons. The summed E-state index contributed by atoms with van der Waals surface area (Å²) in [4.78, 5) is 20.6. The zero-order valence-electron chi connectivity index (χ0n) is 17.5. The van der Waals surface area contributed by atoms with E-state index in [0.717, 1.165) is 31.4 Å². The predicted molar refractivity (Wildman–Crippen MR) is 124 cm³/mol. The second kappa shape index (κ2) is 9.05. The highest BCUT2D eigenvalue weighted by Crippen LogP contribution is 2.32. The van der Waals surface area contributed by atoms with Gasteiger partial charge in [0, 0.05) is 23.0 Å². The van der Waals surface area contributed by atoms with E-state index in [0.29, 0.717) is 5.13 Å². The van der Waals surface area contributed by atoms with E-state index in [-0.39, 0.29) is 40.8 Å². The van der Waals surface area contributed by atoms with Gasteiger partial charge in [-0.3, -0.25) is 9.69 Å². The van der Waals surface area contributed by atoms with Crippen molar-refractivity contribution in [1.82, 2.24) is 9.71 Å². The summed E-state index contributed by atoms with van der Waals surface area (Å²) in [6, 6.07) is 5.11. The van der Waals surface area contributed by atoms with Gasteiger partial charge in [0.2, 0.25) is 10.0 Å². The third kappa shape index (κ3) is 4.95. The molecule has 0 spiro atoms. The Labute approximate surface area is 192 Å². The van der Waals surface area contributed by atoms with E-state index in [4.69, 9.17) is 0 Å². The number of rotatable bonds is 7. The largest absolute Gasteiger partial charge is 0.280 e. The first-order valence-electron chi connectivity index (χ1n) is 10.4. The molecule has 1 atom stereocenters. The molecule has 1 fully saturated rings. The molecule has 2 aromatic rings. The third-order valence-electron chi connectivity index (χ3n) is 5.57. The Morgan fingerprint density at radius 2 is 2.09 bits per heavy atom. The maximum Gasteiger partial charge on any atom is 0.260 e. The number of benzene rings is 1. The lowest BCUT2D eigenvalue weighted by Crippen LogP contribution is -2.36. The summed E-state index contributed by atoms with van der Waals surface area (Å²) >= 11 is 1.50. The minimum atomic E-state index is -3.97. The smallest absolute Gasteiger partial charge is 0.260 e. The van der Waals surface area contributed by atoms with Gasteiger partial charge < -0.3 is 0 Å². The van der Waals surface area contributed by atoms with Crippen LogP contribution in [-0.2, 0) is 32.7 Å². The number of thiazole rings is 1. The van der Waals surface area contributed by atoms with Crippen molar-refractivity contribution < 1.29 is 21.6 Å². The van der Waals surface area contributed by atoms with E-state index in [1.54, 1.807) is 12.1 Å². The average Bonchev–Trinajstić information content (AvgIpc) is 3.33. The van der Waals surface area contributed by atoms with E-state index < -0.39 is 25.9 Å². The van der Waals surface area contributed by atoms with Gasteiger partial charge in [0.25, 0.3) is 5.91 Å². The third-order valence-corrected chi connectivity index (χ3v) is 10.0. The van der Waals surface area contributed by atoms with Crippen molar-refractivity contribution in [2.75, 3.05) is 23.0 Å². The summed E-state index contributed by atoms with van der Waals surface area (Å²) in [6.07, 6.45) is 5.90. The highest BCUT2D eigenvalue weighted by molar-refractivity contribution is 7.92. The number of aryl methyl sites for hydroxylation is 2. The fourth-order valence-corrected chi connectivity index (χ4v) is 8.21. The Morgan fingerprint density at radius 3 is 2.78 bits per heavy atom. The number of hydrogen-bond acceptors (Lipinski definition) is 7. The molecule has 1 aromatic heterocycles. The van der Waals surface area contributed by atoms with Crippen LogP contribution in [0.15, 0.2) is 41.8 Å². The topological polar surface area (TPSA) is 114 Å². The molecule has 1 saturated heterocycles. The van der Waals surface area contributed by atoms with Crippen molar-refractivity contribution in [2.45, 2.75) is 43.0 Å². The van der Waals surface area contributed by atoms with Gasteiger partial charge in [0.05, 0.1) is 22.1 Å². The molecule has 8 nitrogen and oxygen atoms in total. The van der Waals surface area contributed by atoms with Crippen LogP contribution in [0, 0.1) is 0 Å². The zero-order valence-corrected chi connectivity index (χ0v) is 19.9. The summed E-state index contributed by atoms with van der Waals surface area (Å²) < 4.78 is 51.4.